The molecule has 0 aromatic heterocycles. The van der Waals surface area contributed by atoms with Gasteiger partial charge in [0.05, 0.1) is 7.14 Å². The molecule has 0 aliphatic carbocycles. The van der Waals surface area contributed by atoms with E-state index in [9.17, 15) is 10.2 Å². The van der Waals surface area contributed by atoms with Crippen LogP contribution in [-0.4, -0.2) is 53.3 Å². The summed E-state index contributed by atoms with van der Waals surface area (Å²) >= 11 is 6.64. The van der Waals surface area contributed by atoms with Crippen molar-refractivity contribution in [1.29, 1.82) is 0 Å². The van der Waals surface area contributed by atoms with Crippen LogP contribution in [0.25, 0.3) is 0 Å². The molecule has 1 aromatic carbocycles. The molecule has 0 amide bonds. The number of halogens is 3. The summed E-state index contributed by atoms with van der Waals surface area (Å²) < 4.78 is 25.7. The molecule has 0 radical (unpaired) electrons. The first kappa shape index (κ1) is 19.8. The molecule has 134 valence electrons. The molecule has 1 aromatic rings. The van der Waals surface area contributed by atoms with Gasteiger partial charge in [-0.15, -0.1) is 0 Å². The van der Waals surface area contributed by atoms with Crippen LogP contribution >= 0.6 is 67.8 Å². The van der Waals surface area contributed by atoms with Crippen LogP contribution in [0.15, 0.2) is 12.1 Å². The Bertz CT molecular complexity index is 602. The number of fused-ring (bicyclic) bond motifs is 1. The van der Waals surface area contributed by atoms with Crippen molar-refractivity contribution in [2.75, 3.05) is 6.61 Å². The molecule has 24 heavy (non-hydrogen) atoms. The van der Waals surface area contributed by atoms with Gasteiger partial charge in [-0.25, -0.2) is 0 Å². The fourth-order valence-corrected chi connectivity index (χ4v) is 6.66. The predicted molar refractivity (Wildman–Crippen MR) is 111 cm³/mol. The molecule has 3 rings (SSSR count). The zero-order chi connectivity index (χ0) is 17.6. The molecule has 0 spiro atoms. The third-order valence-corrected chi connectivity index (χ3v) is 6.02. The summed E-state index contributed by atoms with van der Waals surface area (Å²) in [6.45, 7) is 3.53. The highest BCUT2D eigenvalue weighted by Crippen LogP contribution is 2.38. The van der Waals surface area contributed by atoms with E-state index in [1.165, 1.54) is 0 Å². The molecular formula is C15H17I3O6. The minimum atomic E-state index is -0.994. The minimum Gasteiger partial charge on any atom is -0.489 e. The van der Waals surface area contributed by atoms with Gasteiger partial charge >= 0.3 is 0 Å². The zero-order valence-corrected chi connectivity index (χ0v) is 19.4. The van der Waals surface area contributed by atoms with Crippen molar-refractivity contribution < 1.29 is 29.2 Å². The number of ether oxygens (including phenoxy) is 4. The number of rotatable bonds is 4. The van der Waals surface area contributed by atoms with Crippen molar-refractivity contribution in [3.63, 3.8) is 0 Å². The third kappa shape index (κ3) is 4.12. The van der Waals surface area contributed by atoms with Crippen molar-refractivity contribution in [3.05, 3.63) is 22.8 Å². The van der Waals surface area contributed by atoms with Crippen LogP contribution in [0.1, 0.15) is 13.8 Å². The van der Waals surface area contributed by atoms with Crippen molar-refractivity contribution in [3.8, 4) is 5.75 Å². The van der Waals surface area contributed by atoms with Gasteiger partial charge in [0.1, 0.15) is 36.8 Å². The first-order valence-electron chi connectivity index (χ1n) is 7.32. The first-order chi connectivity index (χ1) is 11.2. The highest BCUT2D eigenvalue weighted by molar-refractivity contribution is 14.1. The van der Waals surface area contributed by atoms with Crippen LogP contribution in [-0.2, 0) is 14.2 Å². The Hall–Kier alpha value is 1.01. The smallest absolute Gasteiger partial charge is 0.190 e. The molecule has 6 nitrogen and oxygen atoms in total. The Morgan fingerprint density at radius 3 is 2.42 bits per heavy atom. The molecule has 2 aliphatic rings. The molecular weight excluding hydrogens is 657 g/mol. The van der Waals surface area contributed by atoms with E-state index in [2.05, 4.69) is 67.8 Å². The Kier molecular flexibility index (Phi) is 6.22. The average Bonchev–Trinajstić information content (AvgIpc) is 2.91. The van der Waals surface area contributed by atoms with Crippen LogP contribution < -0.4 is 4.74 Å². The largest absolute Gasteiger partial charge is 0.489 e. The van der Waals surface area contributed by atoms with Crippen molar-refractivity contribution >= 4 is 67.8 Å². The number of benzene rings is 1. The van der Waals surface area contributed by atoms with Gasteiger partial charge in [0.15, 0.2) is 12.1 Å². The second-order valence-corrected chi connectivity index (χ2v) is 9.71. The normalized spacial score (nSPS) is 32.6. The van der Waals surface area contributed by atoms with Crippen LogP contribution in [0.3, 0.4) is 0 Å². The van der Waals surface area contributed by atoms with Gasteiger partial charge in [-0.05, 0) is 93.8 Å². The summed E-state index contributed by atoms with van der Waals surface area (Å²) in [7, 11) is 0. The molecule has 2 aliphatic heterocycles. The molecule has 2 fully saturated rings. The highest BCUT2D eigenvalue weighted by Gasteiger charge is 2.56. The summed E-state index contributed by atoms with van der Waals surface area (Å²) in [5, 5.41) is 20.7. The molecule has 2 N–H and O–H groups in total. The van der Waals surface area contributed by atoms with Gasteiger partial charge in [-0.3, -0.25) is 0 Å². The molecule has 0 bridgehead atoms. The van der Waals surface area contributed by atoms with Crippen molar-refractivity contribution in [2.45, 2.75) is 50.3 Å². The lowest BCUT2D eigenvalue weighted by atomic mass is 10.1. The minimum absolute atomic E-state index is 0.0111. The van der Waals surface area contributed by atoms with Gasteiger partial charge in [-0.2, -0.15) is 0 Å². The van der Waals surface area contributed by atoms with E-state index in [1.54, 1.807) is 13.8 Å². The zero-order valence-electron chi connectivity index (χ0n) is 12.9. The van der Waals surface area contributed by atoms with Gasteiger partial charge in [0.25, 0.3) is 0 Å². The van der Waals surface area contributed by atoms with Crippen LogP contribution in [0.5, 0.6) is 5.75 Å². The number of hydrogen-bond acceptors (Lipinski definition) is 6. The van der Waals surface area contributed by atoms with Gasteiger partial charge in [0.2, 0.25) is 0 Å². The lowest BCUT2D eigenvalue weighted by Gasteiger charge is -2.26. The Morgan fingerprint density at radius 2 is 1.83 bits per heavy atom. The Balaban J connectivity index is 1.62. The van der Waals surface area contributed by atoms with Gasteiger partial charge < -0.3 is 29.2 Å². The molecule has 2 heterocycles. The lowest BCUT2D eigenvalue weighted by molar-refractivity contribution is -0.227. The summed E-state index contributed by atoms with van der Waals surface area (Å²) in [6.07, 6.45) is -4.04. The second-order valence-electron chi connectivity index (χ2n) is 6.14. The van der Waals surface area contributed by atoms with Crippen molar-refractivity contribution in [1.82, 2.24) is 0 Å². The fourth-order valence-electron chi connectivity index (χ4n) is 2.76. The summed E-state index contributed by atoms with van der Waals surface area (Å²) in [5.41, 5.74) is 0. The van der Waals surface area contributed by atoms with E-state index in [4.69, 9.17) is 18.9 Å². The predicted octanol–water partition coefficient (Wildman–Crippen LogP) is 2.48. The Morgan fingerprint density at radius 1 is 1.21 bits per heavy atom. The number of aliphatic hydroxyl groups excluding tert-OH is 2. The second kappa shape index (κ2) is 7.56. The van der Waals surface area contributed by atoms with E-state index in [-0.39, 0.29) is 6.61 Å². The fraction of sp³-hybridized carbons (Fsp3) is 0.600. The summed E-state index contributed by atoms with van der Waals surface area (Å²) in [4.78, 5) is 0. The lowest BCUT2D eigenvalue weighted by Crippen LogP contribution is -2.43. The SMILES string of the molecule is CC1(C)O[C@H]2OC(C(O)COc3c(I)cc(I)cc3I)[C@H](O)[C@H]2O1. The maximum absolute atomic E-state index is 10.4. The van der Waals surface area contributed by atoms with Crippen molar-refractivity contribution in [2.24, 2.45) is 0 Å². The molecule has 2 unspecified atom stereocenters. The maximum atomic E-state index is 10.4. The standard InChI is InChI=1S/C15H17I3O6/c1-15(2)23-13-10(20)12(22-14(13)24-15)9(19)5-21-11-7(17)3-6(16)4-8(11)18/h3-4,9-10,12-14,19-20H,5H2,1-2H3/t9?,10-,12?,13+,14+/m0/s1. The quantitative estimate of drug-likeness (QED) is 0.479. The van der Waals surface area contributed by atoms with Gasteiger partial charge in [0, 0.05) is 3.57 Å². The van der Waals surface area contributed by atoms with Crippen LogP contribution in [0, 0.1) is 10.7 Å². The number of hydrogen-bond donors (Lipinski definition) is 2. The monoisotopic (exact) mass is 674 g/mol. The summed E-state index contributed by atoms with van der Waals surface area (Å²) in [6, 6.07) is 4.00. The molecule has 9 heteroatoms. The topological polar surface area (TPSA) is 77.4 Å². The summed E-state index contributed by atoms with van der Waals surface area (Å²) in [5.74, 6) is -0.0761. The molecule has 5 atom stereocenters. The first-order valence-corrected chi connectivity index (χ1v) is 10.6. The van der Waals surface area contributed by atoms with Crippen LogP contribution in [0.2, 0.25) is 0 Å². The van der Waals surface area contributed by atoms with E-state index < -0.39 is 36.5 Å². The van der Waals surface area contributed by atoms with E-state index in [1.807, 2.05) is 12.1 Å². The Labute approximate surface area is 181 Å². The average molecular weight is 674 g/mol. The molecule has 2 saturated heterocycles. The van der Waals surface area contributed by atoms with E-state index in [0.717, 1.165) is 16.5 Å². The highest BCUT2D eigenvalue weighted by atomic mass is 127. The van der Waals surface area contributed by atoms with Gasteiger partial charge in [-0.1, -0.05) is 0 Å². The van der Waals surface area contributed by atoms with E-state index >= 15 is 0 Å². The van der Waals surface area contributed by atoms with E-state index in [0.29, 0.717) is 0 Å². The molecule has 0 saturated carbocycles. The van der Waals surface area contributed by atoms with Crippen LogP contribution in [0.4, 0.5) is 0 Å². The maximum Gasteiger partial charge on any atom is 0.190 e. The number of aliphatic hydroxyl groups is 2. The third-order valence-electron chi connectivity index (χ3n) is 3.79.